The van der Waals surface area contributed by atoms with Crippen LogP contribution >= 0.6 is 0 Å². The molecule has 1 saturated carbocycles. The van der Waals surface area contributed by atoms with Crippen molar-refractivity contribution >= 4 is 11.7 Å². The second-order valence-corrected chi connectivity index (χ2v) is 9.62. The SMILES string of the molecule is COc1cccc(NC(=O)N(Cc2ccccc2)C2CCc3c2[nH]c(=O)n(C2CCCCC2)c3=O)c1. The summed E-state index contributed by atoms with van der Waals surface area (Å²) in [6.45, 7) is 0.342. The molecule has 0 bridgehead atoms. The number of carbonyl (C=O) groups excluding carboxylic acids is 1. The topological polar surface area (TPSA) is 96.4 Å². The first-order chi connectivity index (χ1) is 17.5. The molecule has 2 aliphatic rings. The van der Waals surface area contributed by atoms with E-state index in [0.29, 0.717) is 42.1 Å². The average molecular weight is 489 g/mol. The van der Waals surface area contributed by atoms with E-state index in [9.17, 15) is 14.4 Å². The molecule has 2 amide bonds. The van der Waals surface area contributed by atoms with Crippen LogP contribution in [-0.2, 0) is 13.0 Å². The molecule has 0 radical (unpaired) electrons. The zero-order valence-corrected chi connectivity index (χ0v) is 20.5. The largest absolute Gasteiger partial charge is 0.497 e. The Hall–Kier alpha value is -3.81. The van der Waals surface area contributed by atoms with Crippen molar-refractivity contribution in [2.45, 2.75) is 63.6 Å². The highest BCUT2D eigenvalue weighted by molar-refractivity contribution is 5.90. The average Bonchev–Trinajstić information content (AvgIpc) is 3.32. The van der Waals surface area contributed by atoms with E-state index in [4.69, 9.17) is 4.74 Å². The lowest BCUT2D eigenvalue weighted by atomic mass is 9.95. The zero-order valence-electron chi connectivity index (χ0n) is 20.5. The lowest BCUT2D eigenvalue weighted by molar-refractivity contribution is 0.182. The van der Waals surface area contributed by atoms with E-state index >= 15 is 0 Å². The number of urea groups is 1. The molecular formula is C28H32N4O4. The van der Waals surface area contributed by atoms with Crippen molar-refractivity contribution in [3.63, 3.8) is 0 Å². The molecule has 1 unspecified atom stereocenters. The lowest BCUT2D eigenvalue weighted by Crippen LogP contribution is -2.42. The maximum Gasteiger partial charge on any atom is 0.328 e. The Morgan fingerprint density at radius 2 is 1.83 bits per heavy atom. The van der Waals surface area contributed by atoms with Gasteiger partial charge in [0.2, 0.25) is 0 Å². The molecule has 0 saturated heterocycles. The van der Waals surface area contributed by atoms with Gasteiger partial charge in [-0.05, 0) is 43.4 Å². The monoisotopic (exact) mass is 488 g/mol. The quantitative estimate of drug-likeness (QED) is 0.522. The van der Waals surface area contributed by atoms with Gasteiger partial charge in [-0.25, -0.2) is 9.59 Å². The summed E-state index contributed by atoms with van der Waals surface area (Å²) in [5, 5.41) is 2.97. The van der Waals surface area contributed by atoms with Crippen LogP contribution in [0.1, 0.15) is 67.4 Å². The summed E-state index contributed by atoms with van der Waals surface area (Å²) in [5.74, 6) is 0.640. The van der Waals surface area contributed by atoms with Gasteiger partial charge in [-0.3, -0.25) is 9.36 Å². The molecule has 2 aliphatic carbocycles. The fourth-order valence-corrected chi connectivity index (χ4v) is 5.54. The normalized spacial score (nSPS) is 17.4. The second-order valence-electron chi connectivity index (χ2n) is 9.62. The van der Waals surface area contributed by atoms with E-state index in [0.717, 1.165) is 37.7 Å². The number of aromatic amines is 1. The van der Waals surface area contributed by atoms with Crippen molar-refractivity contribution in [3.8, 4) is 5.75 Å². The molecule has 188 valence electrons. The number of nitrogens with zero attached hydrogens (tertiary/aromatic N) is 2. The molecule has 1 fully saturated rings. The predicted molar refractivity (Wildman–Crippen MR) is 139 cm³/mol. The van der Waals surface area contributed by atoms with E-state index in [1.165, 1.54) is 4.57 Å². The van der Waals surface area contributed by atoms with Crippen molar-refractivity contribution in [2.75, 3.05) is 12.4 Å². The van der Waals surface area contributed by atoms with Gasteiger partial charge in [-0.2, -0.15) is 0 Å². The highest BCUT2D eigenvalue weighted by Gasteiger charge is 2.35. The summed E-state index contributed by atoms with van der Waals surface area (Å²) in [5.41, 5.74) is 2.19. The molecule has 1 atom stereocenters. The smallest absolute Gasteiger partial charge is 0.328 e. The minimum Gasteiger partial charge on any atom is -0.497 e. The number of amides is 2. The predicted octanol–water partition coefficient (Wildman–Crippen LogP) is 4.77. The molecule has 0 aliphatic heterocycles. The molecule has 1 aromatic heterocycles. The summed E-state index contributed by atoms with van der Waals surface area (Å²) in [6, 6.07) is 16.1. The summed E-state index contributed by atoms with van der Waals surface area (Å²) < 4.78 is 6.71. The van der Waals surface area contributed by atoms with Gasteiger partial charge in [0, 0.05) is 29.9 Å². The van der Waals surface area contributed by atoms with Crippen molar-refractivity contribution in [1.29, 1.82) is 0 Å². The van der Waals surface area contributed by atoms with Crippen molar-refractivity contribution in [3.05, 3.63) is 92.3 Å². The summed E-state index contributed by atoms with van der Waals surface area (Å²) >= 11 is 0. The van der Waals surface area contributed by atoms with Gasteiger partial charge in [-0.1, -0.05) is 55.7 Å². The Morgan fingerprint density at radius 3 is 2.58 bits per heavy atom. The maximum atomic E-state index is 13.6. The van der Waals surface area contributed by atoms with Gasteiger partial charge in [-0.15, -0.1) is 0 Å². The standard InChI is InChI=1S/C28H32N4O4/c1-36-22-14-8-11-20(17-22)29-27(34)31(18-19-9-4-2-5-10-19)24-16-15-23-25(24)30-28(35)32(26(23)33)21-12-6-3-7-13-21/h2,4-5,8-11,14,17,21,24H,3,6-7,12-13,15-16,18H2,1H3,(H,29,34)(H,30,35). The Morgan fingerprint density at radius 1 is 1.06 bits per heavy atom. The summed E-state index contributed by atoms with van der Waals surface area (Å²) in [6.07, 6.45) is 6.03. The molecular weight excluding hydrogens is 456 g/mol. The number of methoxy groups -OCH3 is 1. The van der Waals surface area contributed by atoms with Crippen molar-refractivity contribution in [1.82, 2.24) is 14.5 Å². The number of carbonyl (C=O) groups is 1. The fraction of sp³-hybridized carbons (Fsp3) is 0.393. The van der Waals surface area contributed by atoms with Crippen LogP contribution in [0.5, 0.6) is 5.75 Å². The first-order valence-corrected chi connectivity index (χ1v) is 12.7. The van der Waals surface area contributed by atoms with E-state index in [1.54, 1.807) is 24.1 Å². The third kappa shape index (κ3) is 4.80. The number of hydrogen-bond donors (Lipinski definition) is 2. The Balaban J connectivity index is 1.49. The van der Waals surface area contributed by atoms with E-state index < -0.39 is 6.04 Å². The molecule has 2 N–H and O–H groups in total. The highest BCUT2D eigenvalue weighted by Crippen LogP contribution is 2.35. The molecule has 3 aromatic rings. The number of fused-ring (bicyclic) bond motifs is 1. The van der Waals surface area contributed by atoms with Crippen molar-refractivity contribution in [2.24, 2.45) is 0 Å². The number of anilines is 1. The third-order valence-corrected chi connectivity index (χ3v) is 7.36. The van der Waals surface area contributed by atoms with E-state index in [2.05, 4.69) is 10.3 Å². The molecule has 8 nitrogen and oxygen atoms in total. The lowest BCUT2D eigenvalue weighted by Gasteiger charge is -2.30. The van der Waals surface area contributed by atoms with Gasteiger partial charge in [0.15, 0.2) is 0 Å². The minimum atomic E-state index is -0.410. The van der Waals surface area contributed by atoms with Crippen LogP contribution in [0.3, 0.4) is 0 Å². The van der Waals surface area contributed by atoms with Crippen LogP contribution in [0.2, 0.25) is 0 Å². The molecule has 5 rings (SSSR count). The number of aromatic nitrogens is 2. The Bertz CT molecular complexity index is 1340. The number of nitrogens with one attached hydrogen (secondary N) is 2. The first-order valence-electron chi connectivity index (χ1n) is 12.7. The maximum absolute atomic E-state index is 13.6. The number of H-pyrrole nitrogens is 1. The van der Waals surface area contributed by atoms with Crippen LogP contribution in [0.25, 0.3) is 0 Å². The van der Waals surface area contributed by atoms with Gasteiger partial charge in [0.1, 0.15) is 5.75 Å². The van der Waals surface area contributed by atoms with Crippen molar-refractivity contribution < 1.29 is 9.53 Å². The fourth-order valence-electron chi connectivity index (χ4n) is 5.54. The Kier molecular flexibility index (Phi) is 6.93. The molecule has 0 spiro atoms. The molecule has 8 heteroatoms. The highest BCUT2D eigenvalue weighted by atomic mass is 16.5. The van der Waals surface area contributed by atoms with Crippen LogP contribution < -0.4 is 21.3 Å². The number of benzene rings is 2. The van der Waals surface area contributed by atoms with Gasteiger partial charge >= 0.3 is 11.7 Å². The number of hydrogen-bond acceptors (Lipinski definition) is 4. The van der Waals surface area contributed by atoms with Gasteiger partial charge in [0.25, 0.3) is 5.56 Å². The van der Waals surface area contributed by atoms with Crippen LogP contribution in [0.4, 0.5) is 10.5 Å². The van der Waals surface area contributed by atoms with E-state index in [1.807, 2.05) is 42.5 Å². The van der Waals surface area contributed by atoms with Crippen LogP contribution in [-0.4, -0.2) is 27.6 Å². The first kappa shape index (κ1) is 23.9. The molecule has 36 heavy (non-hydrogen) atoms. The van der Waals surface area contributed by atoms with Crippen LogP contribution in [0, 0.1) is 0 Å². The van der Waals surface area contributed by atoms with Gasteiger partial charge in [0.05, 0.1) is 18.8 Å². The Labute approximate surface area is 209 Å². The summed E-state index contributed by atoms with van der Waals surface area (Å²) in [4.78, 5) is 44.9. The van der Waals surface area contributed by atoms with Gasteiger partial charge < -0.3 is 19.9 Å². The molecule has 1 heterocycles. The molecule has 2 aromatic carbocycles. The second kappa shape index (κ2) is 10.4. The zero-order chi connectivity index (χ0) is 25.1. The van der Waals surface area contributed by atoms with E-state index in [-0.39, 0.29) is 23.3 Å². The third-order valence-electron chi connectivity index (χ3n) is 7.36. The summed E-state index contributed by atoms with van der Waals surface area (Å²) in [7, 11) is 1.58. The number of ether oxygens (including phenoxy) is 1. The number of rotatable bonds is 6. The minimum absolute atomic E-state index is 0.0452. The van der Waals surface area contributed by atoms with Crippen LogP contribution in [0.15, 0.2) is 64.2 Å².